The Bertz CT molecular complexity index is 471. The van der Waals surface area contributed by atoms with Crippen molar-refractivity contribution in [2.75, 3.05) is 18.4 Å². The maximum Gasteiger partial charge on any atom is 0.222 e. The van der Waals surface area contributed by atoms with Crippen LogP contribution in [0.1, 0.15) is 45.6 Å². The molecule has 1 saturated heterocycles. The van der Waals surface area contributed by atoms with Gasteiger partial charge < -0.3 is 10.2 Å². The van der Waals surface area contributed by atoms with Gasteiger partial charge in [-0.3, -0.25) is 4.79 Å². The van der Waals surface area contributed by atoms with E-state index < -0.39 is 0 Å². The quantitative estimate of drug-likeness (QED) is 0.918. The number of amides is 1. The predicted molar refractivity (Wildman–Crippen MR) is 81.4 cm³/mol. The van der Waals surface area contributed by atoms with E-state index in [1.165, 1.54) is 0 Å². The maximum absolute atomic E-state index is 12.3. The van der Waals surface area contributed by atoms with Gasteiger partial charge >= 0.3 is 0 Å². The summed E-state index contributed by atoms with van der Waals surface area (Å²) < 4.78 is 0. The van der Waals surface area contributed by atoms with Gasteiger partial charge in [-0.05, 0) is 31.2 Å². The molecule has 0 unspecified atom stereocenters. The van der Waals surface area contributed by atoms with Crippen molar-refractivity contribution in [1.82, 2.24) is 9.88 Å². The number of likely N-dealkylation sites (tertiary alicyclic amines) is 1. The zero-order chi connectivity index (χ0) is 14.6. The van der Waals surface area contributed by atoms with Crippen LogP contribution < -0.4 is 5.32 Å². The van der Waals surface area contributed by atoms with Gasteiger partial charge in [0.2, 0.25) is 5.91 Å². The van der Waals surface area contributed by atoms with Crippen molar-refractivity contribution in [1.29, 1.82) is 0 Å². The Kier molecular flexibility index (Phi) is 4.63. The summed E-state index contributed by atoms with van der Waals surface area (Å²) in [5.41, 5.74) is 1.37. The third kappa shape index (κ3) is 3.71. The van der Waals surface area contributed by atoms with E-state index in [-0.39, 0.29) is 11.3 Å². The summed E-state index contributed by atoms with van der Waals surface area (Å²) in [7, 11) is 0. The van der Waals surface area contributed by atoms with Crippen molar-refractivity contribution in [2.45, 2.75) is 46.6 Å². The van der Waals surface area contributed by atoms with E-state index >= 15 is 0 Å². The number of carbonyl (C=O) groups is 1. The lowest BCUT2D eigenvalue weighted by Gasteiger charge is -2.24. The molecule has 4 nitrogen and oxygen atoms in total. The second-order valence-electron chi connectivity index (χ2n) is 6.27. The molecule has 1 aliphatic heterocycles. The maximum atomic E-state index is 12.3. The van der Waals surface area contributed by atoms with E-state index in [0.29, 0.717) is 13.0 Å². The van der Waals surface area contributed by atoms with Crippen LogP contribution in [0.4, 0.5) is 5.82 Å². The molecule has 4 heteroatoms. The lowest BCUT2D eigenvalue weighted by Crippen LogP contribution is -2.30. The highest BCUT2D eigenvalue weighted by Gasteiger charge is 2.27. The van der Waals surface area contributed by atoms with Crippen LogP contribution in [-0.2, 0) is 11.3 Å². The number of aromatic nitrogens is 1. The third-order valence-electron chi connectivity index (χ3n) is 4.02. The standard InChI is InChI=1S/C16H25N3O/c1-4-17-15-13(6-5-10-18-15)12-19-11-9-16(2,3)8-7-14(19)20/h5-6,10H,4,7-9,11-12H2,1-3H3,(H,17,18). The van der Waals surface area contributed by atoms with Crippen LogP contribution in [0.5, 0.6) is 0 Å². The van der Waals surface area contributed by atoms with Crippen LogP contribution in [-0.4, -0.2) is 28.9 Å². The Balaban J connectivity index is 2.10. The topological polar surface area (TPSA) is 45.2 Å². The van der Waals surface area contributed by atoms with E-state index in [1.807, 2.05) is 17.0 Å². The number of carbonyl (C=O) groups excluding carboxylic acids is 1. The highest BCUT2D eigenvalue weighted by molar-refractivity contribution is 5.76. The van der Waals surface area contributed by atoms with Gasteiger partial charge in [-0.1, -0.05) is 19.9 Å². The van der Waals surface area contributed by atoms with Gasteiger partial charge in [0.05, 0.1) is 0 Å². The van der Waals surface area contributed by atoms with Gasteiger partial charge in [0.15, 0.2) is 0 Å². The Morgan fingerprint density at radius 1 is 1.40 bits per heavy atom. The molecule has 1 aromatic heterocycles. The number of anilines is 1. The number of hydrogen-bond acceptors (Lipinski definition) is 3. The van der Waals surface area contributed by atoms with E-state index in [0.717, 1.165) is 37.3 Å². The molecule has 0 aliphatic carbocycles. The van der Waals surface area contributed by atoms with Crippen molar-refractivity contribution < 1.29 is 4.79 Å². The second-order valence-corrected chi connectivity index (χ2v) is 6.27. The molecule has 1 amide bonds. The zero-order valence-electron chi connectivity index (χ0n) is 12.8. The molecule has 0 spiro atoms. The van der Waals surface area contributed by atoms with Gasteiger partial charge in [0.25, 0.3) is 0 Å². The minimum atomic E-state index is 0.266. The van der Waals surface area contributed by atoms with E-state index in [2.05, 4.69) is 31.1 Å². The average molecular weight is 275 g/mol. The van der Waals surface area contributed by atoms with Crippen molar-refractivity contribution in [3.05, 3.63) is 23.9 Å². The summed E-state index contributed by atoms with van der Waals surface area (Å²) in [6.07, 6.45) is 4.49. The van der Waals surface area contributed by atoms with Crippen molar-refractivity contribution in [3.8, 4) is 0 Å². The Labute approximate surface area is 121 Å². The lowest BCUT2D eigenvalue weighted by molar-refractivity contribution is -0.131. The van der Waals surface area contributed by atoms with Gasteiger partial charge in [-0.25, -0.2) is 4.98 Å². The van der Waals surface area contributed by atoms with Gasteiger partial charge in [0.1, 0.15) is 5.82 Å². The molecule has 0 bridgehead atoms. The largest absolute Gasteiger partial charge is 0.370 e. The molecule has 0 radical (unpaired) electrons. The van der Waals surface area contributed by atoms with Crippen LogP contribution >= 0.6 is 0 Å². The first kappa shape index (κ1) is 14.8. The van der Waals surface area contributed by atoms with Crippen LogP contribution in [0.2, 0.25) is 0 Å². The fourth-order valence-electron chi connectivity index (χ4n) is 2.56. The molecule has 0 aromatic carbocycles. The summed E-state index contributed by atoms with van der Waals surface area (Å²) >= 11 is 0. The minimum absolute atomic E-state index is 0.266. The molecule has 1 N–H and O–H groups in total. The first-order valence-corrected chi connectivity index (χ1v) is 7.47. The van der Waals surface area contributed by atoms with Gasteiger partial charge in [-0.15, -0.1) is 0 Å². The summed E-state index contributed by atoms with van der Waals surface area (Å²) in [4.78, 5) is 18.6. The Morgan fingerprint density at radius 2 is 2.20 bits per heavy atom. The first-order chi connectivity index (χ1) is 9.52. The summed E-state index contributed by atoms with van der Waals surface area (Å²) in [5, 5.41) is 3.26. The predicted octanol–water partition coefficient (Wildman–Crippen LogP) is 3.05. The molecule has 110 valence electrons. The monoisotopic (exact) mass is 275 g/mol. The normalized spacial score (nSPS) is 18.8. The summed E-state index contributed by atoms with van der Waals surface area (Å²) in [6, 6.07) is 3.98. The number of pyridine rings is 1. The molecule has 20 heavy (non-hydrogen) atoms. The summed E-state index contributed by atoms with van der Waals surface area (Å²) in [5.74, 6) is 1.16. The molecule has 0 saturated carbocycles. The fraction of sp³-hybridized carbons (Fsp3) is 0.625. The SMILES string of the molecule is CCNc1ncccc1CN1CCC(C)(C)CCC1=O. The molecule has 1 aromatic rings. The molecule has 0 atom stereocenters. The molecule has 1 aliphatic rings. The first-order valence-electron chi connectivity index (χ1n) is 7.47. The van der Waals surface area contributed by atoms with Crippen molar-refractivity contribution >= 4 is 11.7 Å². The Morgan fingerprint density at radius 3 is 2.95 bits per heavy atom. The fourth-order valence-corrected chi connectivity index (χ4v) is 2.56. The van der Waals surface area contributed by atoms with Crippen LogP contribution in [0.15, 0.2) is 18.3 Å². The molecule has 1 fully saturated rings. The van der Waals surface area contributed by atoms with Crippen LogP contribution in [0.3, 0.4) is 0 Å². The zero-order valence-corrected chi connectivity index (χ0v) is 12.8. The molecule has 2 rings (SSSR count). The van der Waals surface area contributed by atoms with E-state index in [9.17, 15) is 4.79 Å². The average Bonchev–Trinajstić information content (AvgIpc) is 2.54. The van der Waals surface area contributed by atoms with Gasteiger partial charge in [0, 0.05) is 37.8 Å². The second kappa shape index (κ2) is 6.25. The smallest absolute Gasteiger partial charge is 0.222 e. The van der Waals surface area contributed by atoms with Crippen molar-refractivity contribution in [3.63, 3.8) is 0 Å². The molecular formula is C16H25N3O. The van der Waals surface area contributed by atoms with E-state index in [4.69, 9.17) is 0 Å². The van der Waals surface area contributed by atoms with Crippen LogP contribution in [0, 0.1) is 5.41 Å². The molecular weight excluding hydrogens is 250 g/mol. The third-order valence-corrected chi connectivity index (χ3v) is 4.02. The number of nitrogens with one attached hydrogen (secondary N) is 1. The summed E-state index contributed by atoms with van der Waals surface area (Å²) in [6.45, 7) is 8.89. The van der Waals surface area contributed by atoms with Gasteiger partial charge in [-0.2, -0.15) is 0 Å². The lowest BCUT2D eigenvalue weighted by atomic mass is 9.85. The highest BCUT2D eigenvalue weighted by atomic mass is 16.2. The number of hydrogen-bond donors (Lipinski definition) is 1. The van der Waals surface area contributed by atoms with E-state index in [1.54, 1.807) is 6.20 Å². The highest BCUT2D eigenvalue weighted by Crippen LogP contribution is 2.31. The molecule has 2 heterocycles. The minimum Gasteiger partial charge on any atom is -0.370 e. The number of nitrogens with zero attached hydrogens (tertiary/aromatic N) is 2. The van der Waals surface area contributed by atoms with Crippen LogP contribution in [0.25, 0.3) is 0 Å². The van der Waals surface area contributed by atoms with Crippen molar-refractivity contribution in [2.24, 2.45) is 5.41 Å². The number of rotatable bonds is 4. The Hall–Kier alpha value is -1.58.